The Morgan fingerprint density at radius 3 is 1.78 bits per heavy atom. The van der Waals surface area contributed by atoms with Gasteiger partial charge in [-0.15, -0.1) is 0 Å². The normalized spacial score (nSPS) is 12.5. The van der Waals surface area contributed by atoms with Gasteiger partial charge in [0.25, 0.3) is 0 Å². The Labute approximate surface area is 225 Å². The number of rotatable bonds is 6. The highest BCUT2D eigenvalue weighted by molar-refractivity contribution is 6.36. The van der Waals surface area contributed by atoms with Gasteiger partial charge >= 0.3 is 0 Å². The van der Waals surface area contributed by atoms with Crippen LogP contribution in [0.15, 0.2) is 132 Å². The number of pyridine rings is 1. The first-order valence-corrected chi connectivity index (χ1v) is 12.2. The van der Waals surface area contributed by atoms with Crippen LogP contribution in [-0.2, 0) is 0 Å². The molecule has 4 aromatic carbocycles. The number of fused-ring (bicyclic) bond motifs is 1. The van der Waals surface area contributed by atoms with Gasteiger partial charge in [-0.05, 0) is 61.4 Å². The molecule has 0 saturated carbocycles. The molecule has 0 spiro atoms. The van der Waals surface area contributed by atoms with Crippen molar-refractivity contribution in [2.75, 3.05) is 9.80 Å². The third kappa shape index (κ3) is 4.32. The summed E-state index contributed by atoms with van der Waals surface area (Å²) in [7, 11) is 0. The second-order valence-corrected chi connectivity index (χ2v) is 8.85. The minimum atomic E-state index is -2.36. The molecule has 6 rings (SSSR count). The van der Waals surface area contributed by atoms with Crippen molar-refractivity contribution in [2.45, 2.75) is 6.85 Å². The summed E-state index contributed by atoms with van der Waals surface area (Å²) < 4.78 is 29.5. The summed E-state index contributed by atoms with van der Waals surface area (Å²) in [6.45, 7) is -2.36. The molecule has 5 heteroatoms. The van der Waals surface area contributed by atoms with Crippen molar-refractivity contribution in [3.8, 4) is 0 Å². The summed E-state index contributed by atoms with van der Waals surface area (Å²) in [6, 6.07) is 37.3. The van der Waals surface area contributed by atoms with Gasteiger partial charge in [0.15, 0.2) is 5.58 Å². The lowest BCUT2D eigenvalue weighted by molar-refractivity contribution is 0.614. The quantitative estimate of drug-likeness (QED) is 0.226. The Balaban J connectivity index is 1.58. The number of aromatic nitrogens is 1. The van der Waals surface area contributed by atoms with E-state index in [1.165, 1.54) is 6.20 Å². The molecule has 0 amide bonds. The molecule has 0 aliphatic heterocycles. The van der Waals surface area contributed by atoms with Crippen LogP contribution in [0.3, 0.4) is 0 Å². The SMILES string of the molecule is [2H]C([2H])([2H])c1cc2c(N(c3ccccc3)c3cccc(N(c4ccccc4)c4ccccc4)c3Cl)coc2cn1. The molecule has 0 atom stereocenters. The highest BCUT2D eigenvalue weighted by Crippen LogP contribution is 2.47. The summed E-state index contributed by atoms with van der Waals surface area (Å²) >= 11 is 7.30. The zero-order chi connectivity index (χ0) is 27.7. The Kier molecular flexibility index (Phi) is 5.22. The van der Waals surface area contributed by atoms with Crippen LogP contribution in [0.1, 0.15) is 9.81 Å². The van der Waals surface area contributed by atoms with Gasteiger partial charge in [-0.2, -0.15) is 0 Å². The molecule has 0 saturated heterocycles. The van der Waals surface area contributed by atoms with Gasteiger partial charge in [0.1, 0.15) is 6.26 Å². The van der Waals surface area contributed by atoms with Gasteiger partial charge in [0, 0.05) is 32.3 Å². The van der Waals surface area contributed by atoms with Crippen molar-refractivity contribution in [3.05, 3.63) is 138 Å². The van der Waals surface area contributed by atoms with E-state index in [1.807, 2.05) is 114 Å². The van der Waals surface area contributed by atoms with E-state index in [0.29, 0.717) is 27.4 Å². The maximum Gasteiger partial charge on any atom is 0.154 e. The summed E-state index contributed by atoms with van der Waals surface area (Å²) in [6.07, 6.45) is 3.06. The maximum atomic E-state index is 7.88. The van der Waals surface area contributed by atoms with Crippen molar-refractivity contribution >= 4 is 56.7 Å². The van der Waals surface area contributed by atoms with E-state index in [-0.39, 0.29) is 5.69 Å². The first-order chi connectivity index (χ1) is 19.4. The van der Waals surface area contributed by atoms with Gasteiger partial charge in [0.05, 0.1) is 28.3 Å². The van der Waals surface area contributed by atoms with Crippen LogP contribution in [-0.4, -0.2) is 4.98 Å². The second kappa shape index (κ2) is 9.84. The topological polar surface area (TPSA) is 32.5 Å². The van der Waals surface area contributed by atoms with E-state index >= 15 is 0 Å². The largest absolute Gasteiger partial charge is 0.460 e. The Bertz CT molecular complexity index is 1720. The fraction of sp³-hybridized carbons (Fsp3) is 0.0312. The van der Waals surface area contributed by atoms with Crippen molar-refractivity contribution < 1.29 is 8.53 Å². The van der Waals surface area contributed by atoms with E-state index in [2.05, 4.69) is 9.88 Å². The molecule has 0 N–H and O–H groups in total. The van der Waals surface area contributed by atoms with Gasteiger partial charge in [-0.1, -0.05) is 72.3 Å². The second-order valence-electron chi connectivity index (χ2n) is 8.47. The van der Waals surface area contributed by atoms with Crippen molar-refractivity contribution in [1.82, 2.24) is 4.98 Å². The first kappa shape index (κ1) is 19.6. The fourth-order valence-electron chi connectivity index (χ4n) is 4.51. The van der Waals surface area contributed by atoms with Gasteiger partial charge in [-0.3, -0.25) is 4.98 Å². The molecule has 0 bridgehead atoms. The number of benzene rings is 4. The van der Waals surface area contributed by atoms with Crippen LogP contribution < -0.4 is 9.80 Å². The third-order valence-electron chi connectivity index (χ3n) is 6.16. The molecule has 0 aliphatic rings. The number of anilines is 6. The Morgan fingerprint density at radius 2 is 1.22 bits per heavy atom. The lowest BCUT2D eigenvalue weighted by Gasteiger charge is -2.30. The van der Waals surface area contributed by atoms with Crippen LogP contribution in [0, 0.1) is 6.85 Å². The van der Waals surface area contributed by atoms with Gasteiger partial charge in [-0.25, -0.2) is 0 Å². The van der Waals surface area contributed by atoms with Crippen LogP contribution in [0.25, 0.3) is 11.0 Å². The molecule has 0 radical (unpaired) electrons. The average Bonchev–Trinajstić information content (AvgIpc) is 3.39. The highest BCUT2D eigenvalue weighted by atomic mass is 35.5. The van der Waals surface area contributed by atoms with Crippen LogP contribution >= 0.6 is 11.6 Å². The summed E-state index contributed by atoms with van der Waals surface area (Å²) in [5.74, 6) is 0. The highest BCUT2D eigenvalue weighted by Gasteiger charge is 2.24. The lowest BCUT2D eigenvalue weighted by Crippen LogP contribution is -2.14. The van der Waals surface area contributed by atoms with E-state index in [0.717, 1.165) is 22.7 Å². The zero-order valence-corrected chi connectivity index (χ0v) is 20.5. The first-order valence-electron chi connectivity index (χ1n) is 13.3. The minimum absolute atomic E-state index is 0.00478. The molecule has 6 aromatic rings. The summed E-state index contributed by atoms with van der Waals surface area (Å²) in [4.78, 5) is 8.20. The van der Waals surface area contributed by atoms with Crippen molar-refractivity contribution in [2.24, 2.45) is 0 Å². The molecule has 2 heterocycles. The Morgan fingerprint density at radius 1 is 0.676 bits per heavy atom. The zero-order valence-electron chi connectivity index (χ0n) is 22.8. The smallest absolute Gasteiger partial charge is 0.154 e. The van der Waals surface area contributed by atoms with Crippen LogP contribution in [0.2, 0.25) is 5.02 Å². The summed E-state index contributed by atoms with van der Waals surface area (Å²) in [5, 5.41) is 1.13. The number of para-hydroxylation sites is 3. The molecule has 4 nitrogen and oxygen atoms in total. The summed E-state index contributed by atoms with van der Waals surface area (Å²) in [5.41, 5.74) is 5.37. The molecule has 0 fully saturated rings. The van der Waals surface area contributed by atoms with Crippen LogP contribution in [0.5, 0.6) is 0 Å². The van der Waals surface area contributed by atoms with Crippen molar-refractivity contribution in [3.63, 3.8) is 0 Å². The third-order valence-corrected chi connectivity index (χ3v) is 6.55. The predicted molar refractivity (Wildman–Crippen MR) is 153 cm³/mol. The molecule has 37 heavy (non-hydrogen) atoms. The Hall–Kier alpha value is -4.54. The molecular weight excluding hydrogens is 478 g/mol. The standard InChI is InChI=1S/C32H24ClN3O/c1-23-20-27-30(22-37-31(27)21-34-23)36(26-16-9-4-10-17-26)29-19-11-18-28(32(29)33)35(24-12-5-2-6-13-24)25-14-7-3-8-15-25/h2-22H,1H3/i1D3. The van der Waals surface area contributed by atoms with Gasteiger partial charge < -0.3 is 14.2 Å². The van der Waals surface area contributed by atoms with E-state index in [9.17, 15) is 0 Å². The number of aryl methyl sites for hydroxylation is 1. The number of furan rings is 1. The number of halogens is 1. The fourth-order valence-corrected chi connectivity index (χ4v) is 4.81. The number of hydrogen-bond donors (Lipinski definition) is 0. The lowest BCUT2D eigenvalue weighted by atomic mass is 10.1. The molecule has 0 unspecified atom stereocenters. The minimum Gasteiger partial charge on any atom is -0.460 e. The van der Waals surface area contributed by atoms with E-state index < -0.39 is 6.85 Å². The predicted octanol–water partition coefficient (Wildman–Crippen LogP) is 9.73. The maximum absolute atomic E-state index is 7.88. The molecule has 0 aliphatic carbocycles. The number of nitrogens with zero attached hydrogens (tertiary/aromatic N) is 3. The molecule has 180 valence electrons. The van der Waals surface area contributed by atoms with Crippen molar-refractivity contribution in [1.29, 1.82) is 0 Å². The average molecular weight is 505 g/mol. The van der Waals surface area contributed by atoms with E-state index in [1.54, 1.807) is 12.3 Å². The number of hydrogen-bond acceptors (Lipinski definition) is 4. The van der Waals surface area contributed by atoms with Crippen LogP contribution in [0.4, 0.5) is 34.1 Å². The van der Waals surface area contributed by atoms with E-state index in [4.69, 9.17) is 20.1 Å². The monoisotopic (exact) mass is 504 g/mol. The van der Waals surface area contributed by atoms with Gasteiger partial charge in [0.2, 0.25) is 0 Å². The molecular formula is C32H24ClN3O. The molecule has 2 aromatic heterocycles.